The number of benzene rings is 3. The van der Waals surface area contributed by atoms with Crippen LogP contribution >= 0.6 is 0 Å². The van der Waals surface area contributed by atoms with Gasteiger partial charge in [-0.05, 0) is 41.5 Å². The van der Waals surface area contributed by atoms with E-state index in [1.165, 1.54) is 12.1 Å². The van der Waals surface area contributed by atoms with E-state index in [2.05, 4.69) is 10.5 Å². The molecule has 5 heteroatoms. The Balaban J connectivity index is 1.53. The molecule has 0 atom stereocenters. The molecule has 138 valence electrons. The van der Waals surface area contributed by atoms with Gasteiger partial charge in [0.05, 0.1) is 19.9 Å². The van der Waals surface area contributed by atoms with Gasteiger partial charge in [-0.1, -0.05) is 42.5 Å². The van der Waals surface area contributed by atoms with Crippen molar-refractivity contribution in [3.05, 3.63) is 95.3 Å². The molecular formula is C22H21FN2O2. The summed E-state index contributed by atoms with van der Waals surface area (Å²) in [7, 11) is 1.65. The Morgan fingerprint density at radius 2 is 1.81 bits per heavy atom. The quantitative estimate of drug-likeness (QED) is 0.471. The second-order valence-corrected chi connectivity index (χ2v) is 5.89. The molecule has 1 N–H and O–H groups in total. The second kappa shape index (κ2) is 9.38. The standard InChI is InChI=1S/C22H21FN2O2/c1-26-22-8-3-2-6-19(22)15-25-24-14-18-5-4-7-21(13-18)27-16-17-9-11-20(23)12-10-17/h2-14,25H,15-16H2,1H3/b24-14+. The first-order valence-electron chi connectivity index (χ1n) is 8.60. The first-order valence-corrected chi connectivity index (χ1v) is 8.60. The van der Waals surface area contributed by atoms with Gasteiger partial charge in [0.2, 0.25) is 0 Å². The molecule has 0 aromatic heterocycles. The number of nitrogens with zero attached hydrogens (tertiary/aromatic N) is 1. The van der Waals surface area contributed by atoms with Crippen LogP contribution in [0.5, 0.6) is 11.5 Å². The van der Waals surface area contributed by atoms with Crippen molar-refractivity contribution in [3.8, 4) is 11.5 Å². The number of rotatable bonds is 8. The third-order valence-electron chi connectivity index (χ3n) is 3.94. The van der Waals surface area contributed by atoms with Crippen LogP contribution in [0.1, 0.15) is 16.7 Å². The van der Waals surface area contributed by atoms with Gasteiger partial charge in [0.1, 0.15) is 23.9 Å². The minimum atomic E-state index is -0.252. The fraction of sp³-hybridized carbons (Fsp3) is 0.136. The third-order valence-corrected chi connectivity index (χ3v) is 3.94. The van der Waals surface area contributed by atoms with Crippen molar-refractivity contribution in [1.82, 2.24) is 5.43 Å². The molecule has 3 aromatic carbocycles. The lowest BCUT2D eigenvalue weighted by molar-refractivity contribution is 0.306. The Morgan fingerprint density at radius 1 is 1.00 bits per heavy atom. The highest BCUT2D eigenvalue weighted by molar-refractivity contribution is 5.79. The Morgan fingerprint density at radius 3 is 2.63 bits per heavy atom. The second-order valence-electron chi connectivity index (χ2n) is 5.89. The van der Waals surface area contributed by atoms with Gasteiger partial charge >= 0.3 is 0 Å². The predicted octanol–water partition coefficient (Wildman–Crippen LogP) is 4.54. The number of hydrazone groups is 1. The van der Waals surface area contributed by atoms with Gasteiger partial charge in [0.15, 0.2) is 0 Å². The van der Waals surface area contributed by atoms with E-state index in [1.807, 2.05) is 48.5 Å². The topological polar surface area (TPSA) is 42.8 Å². The number of halogens is 1. The van der Waals surface area contributed by atoms with Crippen LogP contribution in [0.15, 0.2) is 77.9 Å². The molecule has 0 saturated heterocycles. The fourth-order valence-electron chi connectivity index (χ4n) is 2.53. The molecule has 0 fully saturated rings. The van der Waals surface area contributed by atoms with Crippen LogP contribution in [0.4, 0.5) is 4.39 Å². The van der Waals surface area contributed by atoms with E-state index in [9.17, 15) is 4.39 Å². The molecule has 0 heterocycles. The maximum Gasteiger partial charge on any atom is 0.123 e. The summed E-state index contributed by atoms with van der Waals surface area (Å²) in [5.41, 5.74) is 5.88. The largest absolute Gasteiger partial charge is 0.496 e. The molecule has 0 amide bonds. The van der Waals surface area contributed by atoms with Crippen molar-refractivity contribution in [2.45, 2.75) is 13.2 Å². The summed E-state index contributed by atoms with van der Waals surface area (Å²) in [6.07, 6.45) is 1.74. The summed E-state index contributed by atoms with van der Waals surface area (Å²) in [5, 5.41) is 4.25. The smallest absolute Gasteiger partial charge is 0.123 e. The highest BCUT2D eigenvalue weighted by Crippen LogP contribution is 2.17. The summed E-state index contributed by atoms with van der Waals surface area (Å²) in [4.78, 5) is 0. The van der Waals surface area contributed by atoms with E-state index in [1.54, 1.807) is 25.5 Å². The van der Waals surface area contributed by atoms with Crippen LogP contribution in [0, 0.1) is 5.82 Å². The van der Waals surface area contributed by atoms with Gasteiger partial charge in [0.25, 0.3) is 0 Å². The summed E-state index contributed by atoms with van der Waals surface area (Å²) >= 11 is 0. The lowest BCUT2D eigenvalue weighted by Crippen LogP contribution is -2.06. The number of nitrogens with one attached hydrogen (secondary N) is 1. The molecule has 0 saturated carbocycles. The zero-order valence-corrected chi connectivity index (χ0v) is 15.1. The van der Waals surface area contributed by atoms with E-state index in [4.69, 9.17) is 9.47 Å². The van der Waals surface area contributed by atoms with E-state index in [-0.39, 0.29) is 5.82 Å². The molecule has 3 rings (SSSR count). The molecule has 27 heavy (non-hydrogen) atoms. The predicted molar refractivity (Wildman–Crippen MR) is 105 cm³/mol. The van der Waals surface area contributed by atoms with Gasteiger partial charge in [-0.15, -0.1) is 0 Å². The van der Waals surface area contributed by atoms with E-state index >= 15 is 0 Å². The van der Waals surface area contributed by atoms with Crippen molar-refractivity contribution in [2.24, 2.45) is 5.10 Å². The van der Waals surface area contributed by atoms with Crippen LogP contribution in [0.3, 0.4) is 0 Å². The maximum atomic E-state index is 12.9. The van der Waals surface area contributed by atoms with Gasteiger partial charge in [-0.25, -0.2) is 4.39 Å². The number of methoxy groups -OCH3 is 1. The first kappa shape index (κ1) is 18.5. The molecule has 0 unspecified atom stereocenters. The average molecular weight is 364 g/mol. The van der Waals surface area contributed by atoms with Gasteiger partial charge in [-0.3, -0.25) is 0 Å². The van der Waals surface area contributed by atoms with Crippen LogP contribution in [-0.2, 0) is 13.2 Å². The SMILES string of the molecule is COc1ccccc1CN/N=C/c1cccc(OCc2ccc(F)cc2)c1. The molecule has 0 bridgehead atoms. The summed E-state index contributed by atoms with van der Waals surface area (Å²) in [5.74, 6) is 1.31. The van der Waals surface area contributed by atoms with Crippen molar-refractivity contribution >= 4 is 6.21 Å². The molecule has 0 spiro atoms. The number of hydrogen-bond acceptors (Lipinski definition) is 4. The van der Waals surface area contributed by atoms with Gasteiger partial charge in [-0.2, -0.15) is 5.10 Å². The molecule has 0 aliphatic rings. The number of para-hydroxylation sites is 1. The lowest BCUT2D eigenvalue weighted by Gasteiger charge is -2.08. The molecule has 0 aliphatic heterocycles. The summed E-state index contributed by atoms with van der Waals surface area (Å²) in [6.45, 7) is 0.953. The van der Waals surface area contributed by atoms with Gasteiger partial charge in [0, 0.05) is 5.56 Å². The van der Waals surface area contributed by atoms with Crippen molar-refractivity contribution in [1.29, 1.82) is 0 Å². The van der Waals surface area contributed by atoms with Crippen molar-refractivity contribution in [2.75, 3.05) is 7.11 Å². The zero-order valence-electron chi connectivity index (χ0n) is 15.1. The van der Waals surface area contributed by atoms with Gasteiger partial charge < -0.3 is 14.9 Å². The maximum absolute atomic E-state index is 12.9. The van der Waals surface area contributed by atoms with E-state index in [0.717, 1.165) is 28.2 Å². The zero-order chi connectivity index (χ0) is 18.9. The van der Waals surface area contributed by atoms with E-state index in [0.29, 0.717) is 13.2 Å². The summed E-state index contributed by atoms with van der Waals surface area (Å²) < 4.78 is 24.0. The van der Waals surface area contributed by atoms with Crippen LogP contribution in [0.25, 0.3) is 0 Å². The molecule has 4 nitrogen and oxygen atoms in total. The molecule has 3 aromatic rings. The average Bonchev–Trinajstić information content (AvgIpc) is 2.71. The highest BCUT2D eigenvalue weighted by atomic mass is 19.1. The van der Waals surface area contributed by atoms with Crippen molar-refractivity contribution in [3.63, 3.8) is 0 Å². The van der Waals surface area contributed by atoms with Crippen LogP contribution < -0.4 is 14.9 Å². The lowest BCUT2D eigenvalue weighted by atomic mass is 10.2. The minimum Gasteiger partial charge on any atom is -0.496 e. The van der Waals surface area contributed by atoms with Crippen LogP contribution in [0.2, 0.25) is 0 Å². The molecule has 0 radical (unpaired) electrons. The molecular weight excluding hydrogens is 343 g/mol. The van der Waals surface area contributed by atoms with Crippen LogP contribution in [-0.4, -0.2) is 13.3 Å². The Labute approximate surface area is 158 Å². The fourth-order valence-corrected chi connectivity index (χ4v) is 2.53. The molecule has 0 aliphatic carbocycles. The number of ether oxygens (including phenoxy) is 2. The summed E-state index contributed by atoms with van der Waals surface area (Å²) in [6, 6.07) is 21.7. The van der Waals surface area contributed by atoms with Crippen molar-refractivity contribution < 1.29 is 13.9 Å². The third kappa shape index (κ3) is 5.57. The number of hydrogen-bond donors (Lipinski definition) is 1. The highest BCUT2D eigenvalue weighted by Gasteiger charge is 2.00. The van der Waals surface area contributed by atoms with E-state index < -0.39 is 0 Å². The first-order chi connectivity index (χ1) is 13.2. The Hall–Kier alpha value is -3.34. The Kier molecular flexibility index (Phi) is 6.41. The monoisotopic (exact) mass is 364 g/mol. The normalized spacial score (nSPS) is 10.7. The Bertz CT molecular complexity index is 895. The minimum absolute atomic E-state index is 0.252.